The third-order valence-corrected chi connectivity index (χ3v) is 9.28. The third kappa shape index (κ3) is 4.47. The predicted molar refractivity (Wildman–Crippen MR) is 145 cm³/mol. The Morgan fingerprint density at radius 2 is 1.80 bits per heavy atom. The van der Waals surface area contributed by atoms with E-state index < -0.39 is 52.0 Å². The standard InChI is InChI=1S/C30H38N2O8/c1-32(13-15-7-5-3-4-6-8-15)14-17-11-20(33)23-19(26(17)40-2)10-16-9-18-12-21(34)24(29(31)38)28(37)30(18,39)27(36)22(16)25(23)35/h11,15-16,18,33-34,36,39H,3-10,12-14H2,1-2H3,(H2,31,38)/t16?,18-,30-/m0/s1. The van der Waals surface area contributed by atoms with E-state index in [-0.39, 0.29) is 36.1 Å². The second kappa shape index (κ2) is 10.6. The first kappa shape index (κ1) is 28.2. The average Bonchev–Trinajstić information content (AvgIpc) is 3.14. The number of ether oxygens (including phenoxy) is 1. The molecule has 3 atom stereocenters. The highest BCUT2D eigenvalue weighted by Crippen LogP contribution is 2.52. The molecule has 0 heterocycles. The minimum atomic E-state index is -2.57. The Morgan fingerprint density at radius 1 is 1.12 bits per heavy atom. The highest BCUT2D eigenvalue weighted by molar-refractivity contribution is 6.24. The molecule has 1 fully saturated rings. The van der Waals surface area contributed by atoms with E-state index in [0.717, 1.165) is 12.1 Å². The SMILES string of the molecule is COc1c(CN(C)CC2CCCCCC2)cc(O)c2c1CC1C[C@H]3CC(O)=C(C(N)=O)C(=O)[C@@]3(O)C(O)=C1C2=O. The van der Waals surface area contributed by atoms with Crippen LogP contribution in [0, 0.1) is 17.8 Å². The van der Waals surface area contributed by atoms with Crippen molar-refractivity contribution in [2.75, 3.05) is 20.7 Å². The number of primary amides is 1. The van der Waals surface area contributed by atoms with E-state index in [4.69, 9.17) is 10.5 Å². The fourth-order valence-corrected chi connectivity index (χ4v) is 7.45. The minimum absolute atomic E-state index is 0.0383. The molecule has 0 aromatic heterocycles. The lowest BCUT2D eigenvalue weighted by Crippen LogP contribution is -2.57. The lowest BCUT2D eigenvalue weighted by molar-refractivity contribution is -0.144. The van der Waals surface area contributed by atoms with Crippen LogP contribution in [-0.2, 0) is 22.6 Å². The summed E-state index contributed by atoms with van der Waals surface area (Å²) in [7, 11) is 3.55. The van der Waals surface area contributed by atoms with Crippen LogP contribution in [0.2, 0.25) is 0 Å². The fraction of sp³-hybridized carbons (Fsp3) is 0.567. The molecule has 6 N–H and O–H groups in total. The van der Waals surface area contributed by atoms with E-state index in [9.17, 15) is 34.8 Å². The zero-order valence-corrected chi connectivity index (χ0v) is 23.0. The van der Waals surface area contributed by atoms with Gasteiger partial charge in [-0.25, -0.2) is 0 Å². The first-order valence-corrected chi connectivity index (χ1v) is 14.1. The average molecular weight is 555 g/mol. The maximum Gasteiger partial charge on any atom is 0.255 e. The molecular formula is C30H38N2O8. The number of rotatable bonds is 6. The summed E-state index contributed by atoms with van der Waals surface area (Å²) in [6, 6.07) is 1.51. The number of benzene rings is 1. The van der Waals surface area contributed by atoms with Crippen molar-refractivity contribution in [2.45, 2.75) is 69.9 Å². The number of allylic oxidation sites excluding steroid dienone is 2. The second-order valence-electron chi connectivity index (χ2n) is 11.9. The molecule has 0 saturated heterocycles. The van der Waals surface area contributed by atoms with Gasteiger partial charge in [-0.3, -0.25) is 14.4 Å². The molecule has 0 bridgehead atoms. The maximum absolute atomic E-state index is 13.8. The summed E-state index contributed by atoms with van der Waals surface area (Å²) in [6.07, 6.45) is 7.49. The van der Waals surface area contributed by atoms with Crippen molar-refractivity contribution in [3.63, 3.8) is 0 Å². The number of phenols is 1. The highest BCUT2D eigenvalue weighted by Gasteiger charge is 2.59. The fourth-order valence-electron chi connectivity index (χ4n) is 7.45. The number of methoxy groups -OCH3 is 1. The van der Waals surface area contributed by atoms with E-state index in [1.165, 1.54) is 51.7 Å². The predicted octanol–water partition coefficient (Wildman–Crippen LogP) is 2.99. The number of carbonyl (C=O) groups is 3. The summed E-state index contributed by atoms with van der Waals surface area (Å²) in [5, 5.41) is 44.0. The molecule has 0 aliphatic heterocycles. The number of nitrogens with zero attached hydrogens (tertiary/aromatic N) is 1. The molecule has 10 nitrogen and oxygen atoms in total. The first-order valence-electron chi connectivity index (χ1n) is 14.1. The van der Waals surface area contributed by atoms with Crippen molar-refractivity contribution in [3.8, 4) is 11.5 Å². The van der Waals surface area contributed by atoms with Gasteiger partial charge in [0, 0.05) is 42.1 Å². The molecule has 0 spiro atoms. The van der Waals surface area contributed by atoms with Gasteiger partial charge in [-0.1, -0.05) is 25.7 Å². The molecule has 0 radical (unpaired) electrons. The number of fused-ring (bicyclic) bond motifs is 3. The second-order valence-corrected chi connectivity index (χ2v) is 11.9. The number of hydrogen-bond donors (Lipinski definition) is 5. The number of hydrogen-bond acceptors (Lipinski definition) is 9. The van der Waals surface area contributed by atoms with E-state index in [0.29, 0.717) is 23.8 Å². The number of aliphatic hydroxyl groups is 3. The lowest BCUT2D eigenvalue weighted by Gasteiger charge is -2.45. The van der Waals surface area contributed by atoms with Gasteiger partial charge in [0.15, 0.2) is 11.4 Å². The van der Waals surface area contributed by atoms with Crippen LogP contribution in [0.25, 0.3) is 0 Å². The van der Waals surface area contributed by atoms with Gasteiger partial charge in [-0.15, -0.1) is 0 Å². The van der Waals surface area contributed by atoms with Crippen molar-refractivity contribution >= 4 is 17.5 Å². The third-order valence-electron chi connectivity index (χ3n) is 9.28. The summed E-state index contributed by atoms with van der Waals surface area (Å²) in [4.78, 5) is 40.9. The summed E-state index contributed by atoms with van der Waals surface area (Å²) in [6.45, 7) is 1.43. The number of carbonyl (C=O) groups excluding carboxylic acids is 3. The number of ketones is 2. The van der Waals surface area contributed by atoms with Crippen molar-refractivity contribution < 1.29 is 39.5 Å². The summed E-state index contributed by atoms with van der Waals surface area (Å²) in [5.41, 5.74) is 2.93. The molecule has 4 aliphatic rings. The van der Waals surface area contributed by atoms with Gasteiger partial charge in [-0.05, 0) is 50.6 Å². The van der Waals surface area contributed by atoms with Gasteiger partial charge in [0.1, 0.15) is 28.6 Å². The van der Waals surface area contributed by atoms with Crippen molar-refractivity contribution in [2.24, 2.45) is 23.5 Å². The number of amides is 1. The van der Waals surface area contributed by atoms with Crippen LogP contribution >= 0.6 is 0 Å². The first-order chi connectivity index (χ1) is 19.0. The quantitative estimate of drug-likeness (QED) is 0.262. The van der Waals surface area contributed by atoms with Crippen molar-refractivity contribution in [3.05, 3.63) is 45.4 Å². The van der Waals surface area contributed by atoms with E-state index in [2.05, 4.69) is 4.90 Å². The molecule has 1 unspecified atom stereocenters. The zero-order chi connectivity index (χ0) is 28.9. The van der Waals surface area contributed by atoms with Crippen LogP contribution in [0.15, 0.2) is 28.7 Å². The Morgan fingerprint density at radius 3 is 2.42 bits per heavy atom. The Labute approximate surface area is 233 Å². The summed E-state index contributed by atoms with van der Waals surface area (Å²) >= 11 is 0. The molecule has 10 heteroatoms. The highest BCUT2D eigenvalue weighted by atomic mass is 16.5. The Bertz CT molecular complexity index is 1320. The number of Topliss-reactive ketones (excluding diaryl/α,β-unsaturated/α-hetero) is 2. The van der Waals surface area contributed by atoms with Crippen LogP contribution in [0.1, 0.15) is 72.9 Å². The molecule has 1 aromatic rings. The van der Waals surface area contributed by atoms with Crippen LogP contribution in [0.3, 0.4) is 0 Å². The molecule has 4 aliphatic carbocycles. The number of phenolic OH excluding ortho intramolecular Hbond substituents is 1. The van der Waals surface area contributed by atoms with Crippen LogP contribution in [-0.4, -0.2) is 69.1 Å². The van der Waals surface area contributed by atoms with Crippen molar-refractivity contribution in [1.82, 2.24) is 4.90 Å². The minimum Gasteiger partial charge on any atom is -0.511 e. The van der Waals surface area contributed by atoms with Crippen LogP contribution in [0.4, 0.5) is 0 Å². The van der Waals surface area contributed by atoms with Crippen LogP contribution < -0.4 is 10.5 Å². The molecular weight excluding hydrogens is 516 g/mol. The normalized spacial score (nSPS) is 27.3. The van der Waals surface area contributed by atoms with Crippen molar-refractivity contribution in [1.29, 1.82) is 0 Å². The molecule has 40 heavy (non-hydrogen) atoms. The van der Waals surface area contributed by atoms with E-state index >= 15 is 0 Å². The molecule has 5 rings (SSSR count). The van der Waals surface area contributed by atoms with Gasteiger partial charge in [0.05, 0.1) is 12.7 Å². The van der Waals surface area contributed by atoms with Crippen LogP contribution in [0.5, 0.6) is 11.5 Å². The Kier molecular flexibility index (Phi) is 7.43. The summed E-state index contributed by atoms with van der Waals surface area (Å²) < 4.78 is 5.79. The molecule has 1 aromatic carbocycles. The lowest BCUT2D eigenvalue weighted by atomic mass is 9.60. The maximum atomic E-state index is 13.8. The number of aromatic hydroxyl groups is 1. The topological polar surface area (TPSA) is 171 Å². The van der Waals surface area contributed by atoms with E-state index in [1.807, 2.05) is 7.05 Å². The smallest absolute Gasteiger partial charge is 0.255 e. The van der Waals surface area contributed by atoms with Gasteiger partial charge >= 0.3 is 0 Å². The largest absolute Gasteiger partial charge is 0.511 e. The Balaban J connectivity index is 1.50. The van der Waals surface area contributed by atoms with E-state index in [1.54, 1.807) is 0 Å². The Hall–Kier alpha value is -3.37. The van der Waals surface area contributed by atoms with Gasteiger partial charge in [-0.2, -0.15) is 0 Å². The number of aliphatic hydroxyl groups excluding tert-OH is 2. The summed E-state index contributed by atoms with van der Waals surface area (Å²) in [5.74, 6) is -5.31. The zero-order valence-electron chi connectivity index (χ0n) is 23.0. The number of nitrogens with two attached hydrogens (primary N) is 1. The van der Waals surface area contributed by atoms with Gasteiger partial charge < -0.3 is 35.8 Å². The molecule has 1 amide bonds. The monoisotopic (exact) mass is 554 g/mol. The van der Waals surface area contributed by atoms with Gasteiger partial charge in [0.2, 0.25) is 5.78 Å². The molecule has 216 valence electrons. The van der Waals surface area contributed by atoms with Gasteiger partial charge in [0.25, 0.3) is 5.91 Å². The molecule has 1 saturated carbocycles.